The van der Waals surface area contributed by atoms with Crippen molar-refractivity contribution in [2.24, 2.45) is 5.92 Å². The number of carbonyl (C=O) groups is 1. The minimum Gasteiger partial charge on any atom is -0.309 e. The van der Waals surface area contributed by atoms with Gasteiger partial charge in [0, 0.05) is 12.5 Å². The van der Waals surface area contributed by atoms with Crippen LogP contribution in [-0.4, -0.2) is 43.0 Å². The monoisotopic (exact) mass is 363 g/mol. The molecule has 1 aromatic heterocycles. The highest BCUT2D eigenvalue weighted by atomic mass is 32.1. The van der Waals surface area contributed by atoms with E-state index >= 15 is 0 Å². The summed E-state index contributed by atoms with van der Waals surface area (Å²) in [7, 11) is 4.06. The Morgan fingerprint density at radius 3 is 2.68 bits per heavy atom. The molecular formula is C19H26FN3OS. The zero-order chi connectivity index (χ0) is 17.8. The highest BCUT2D eigenvalue weighted by Crippen LogP contribution is 2.33. The van der Waals surface area contributed by atoms with Gasteiger partial charge in [0.25, 0.3) is 0 Å². The van der Waals surface area contributed by atoms with Crippen LogP contribution in [0.4, 0.5) is 9.52 Å². The molecule has 0 saturated heterocycles. The molecule has 3 rings (SSSR count). The first-order valence-electron chi connectivity index (χ1n) is 9.07. The fraction of sp³-hybridized carbons (Fsp3) is 0.579. The predicted molar refractivity (Wildman–Crippen MR) is 102 cm³/mol. The van der Waals surface area contributed by atoms with E-state index < -0.39 is 0 Å². The third-order valence-corrected chi connectivity index (χ3v) is 5.84. The van der Waals surface area contributed by atoms with Crippen LogP contribution in [0, 0.1) is 11.7 Å². The number of hydrogen-bond acceptors (Lipinski definition) is 4. The second-order valence-electron chi connectivity index (χ2n) is 7.06. The van der Waals surface area contributed by atoms with Gasteiger partial charge in [0.1, 0.15) is 11.3 Å². The fourth-order valence-electron chi connectivity index (χ4n) is 3.43. The Kier molecular flexibility index (Phi) is 6.02. The maximum Gasteiger partial charge on any atom is 0.231 e. The van der Waals surface area contributed by atoms with Crippen molar-refractivity contribution in [1.29, 1.82) is 0 Å². The summed E-state index contributed by atoms with van der Waals surface area (Å²) < 4.78 is 14.8. The molecule has 1 amide bonds. The molecule has 0 bridgehead atoms. The summed E-state index contributed by atoms with van der Waals surface area (Å²) in [4.78, 5) is 21.5. The lowest BCUT2D eigenvalue weighted by molar-refractivity contribution is -0.123. The maximum absolute atomic E-state index is 14.0. The van der Waals surface area contributed by atoms with Crippen molar-refractivity contribution >= 4 is 32.6 Å². The van der Waals surface area contributed by atoms with Gasteiger partial charge in [0.15, 0.2) is 5.13 Å². The number of halogens is 1. The van der Waals surface area contributed by atoms with Gasteiger partial charge in [-0.25, -0.2) is 9.37 Å². The molecule has 1 fully saturated rings. The number of thiazole rings is 1. The molecule has 25 heavy (non-hydrogen) atoms. The third-order valence-electron chi connectivity index (χ3n) is 4.80. The summed E-state index contributed by atoms with van der Waals surface area (Å²) in [5.41, 5.74) is 0.372. The molecule has 4 nitrogen and oxygen atoms in total. The molecule has 0 spiro atoms. The summed E-state index contributed by atoms with van der Waals surface area (Å²) in [6.45, 7) is 1.54. The van der Waals surface area contributed by atoms with Crippen LogP contribution in [0.25, 0.3) is 10.2 Å². The normalized spacial score (nSPS) is 15.8. The lowest BCUT2D eigenvalue weighted by atomic mass is 9.88. The Morgan fingerprint density at radius 2 is 2.00 bits per heavy atom. The van der Waals surface area contributed by atoms with Crippen molar-refractivity contribution < 1.29 is 9.18 Å². The molecule has 1 aromatic carbocycles. The van der Waals surface area contributed by atoms with Gasteiger partial charge in [-0.1, -0.05) is 36.7 Å². The van der Waals surface area contributed by atoms with Gasteiger partial charge in [-0.15, -0.1) is 0 Å². The number of aromatic nitrogens is 1. The molecule has 1 aliphatic rings. The highest BCUT2D eigenvalue weighted by Gasteiger charge is 2.28. The second kappa shape index (κ2) is 8.23. The molecule has 136 valence electrons. The van der Waals surface area contributed by atoms with E-state index in [1.165, 1.54) is 23.8 Å². The molecule has 1 saturated carbocycles. The van der Waals surface area contributed by atoms with Crippen molar-refractivity contribution in [3.63, 3.8) is 0 Å². The number of benzene rings is 1. The van der Waals surface area contributed by atoms with Gasteiger partial charge >= 0.3 is 0 Å². The van der Waals surface area contributed by atoms with Crippen LogP contribution in [0.2, 0.25) is 0 Å². The molecule has 0 aliphatic heterocycles. The first kappa shape index (κ1) is 18.3. The first-order chi connectivity index (χ1) is 12.1. The van der Waals surface area contributed by atoms with Gasteiger partial charge in [-0.2, -0.15) is 0 Å². The summed E-state index contributed by atoms with van der Waals surface area (Å²) >= 11 is 1.41. The first-order valence-corrected chi connectivity index (χ1v) is 9.89. The molecule has 2 aromatic rings. The van der Waals surface area contributed by atoms with Gasteiger partial charge in [0.05, 0.1) is 4.70 Å². The SMILES string of the molecule is CN(C)CCCN(C(=O)C1CCCCC1)c1nc2c(F)cccc2s1. The lowest BCUT2D eigenvalue weighted by Crippen LogP contribution is -2.38. The fourth-order valence-corrected chi connectivity index (χ4v) is 4.45. The zero-order valence-corrected chi connectivity index (χ0v) is 15.8. The Balaban J connectivity index is 1.85. The van der Waals surface area contributed by atoms with E-state index in [2.05, 4.69) is 9.88 Å². The van der Waals surface area contributed by atoms with E-state index in [0.717, 1.165) is 43.3 Å². The molecular weight excluding hydrogens is 337 g/mol. The van der Waals surface area contributed by atoms with Crippen LogP contribution in [0.5, 0.6) is 0 Å². The molecule has 1 heterocycles. The Morgan fingerprint density at radius 1 is 1.24 bits per heavy atom. The van der Waals surface area contributed by atoms with Crippen molar-refractivity contribution in [3.05, 3.63) is 24.0 Å². The van der Waals surface area contributed by atoms with Crippen LogP contribution in [0.3, 0.4) is 0 Å². The van der Waals surface area contributed by atoms with E-state index in [1.807, 2.05) is 25.1 Å². The summed E-state index contributed by atoms with van der Waals surface area (Å²) in [5.74, 6) is -0.0683. The number of para-hydroxylation sites is 1. The van der Waals surface area contributed by atoms with Gasteiger partial charge < -0.3 is 4.90 Å². The number of rotatable bonds is 6. The van der Waals surface area contributed by atoms with Gasteiger partial charge in [-0.3, -0.25) is 9.69 Å². The van der Waals surface area contributed by atoms with Crippen LogP contribution in [-0.2, 0) is 4.79 Å². The molecule has 0 atom stereocenters. The number of carbonyl (C=O) groups excluding carboxylic acids is 1. The molecule has 0 N–H and O–H groups in total. The average Bonchev–Trinajstić information content (AvgIpc) is 3.04. The van der Waals surface area contributed by atoms with Gasteiger partial charge in [-0.05, 0) is 52.0 Å². The lowest BCUT2D eigenvalue weighted by Gasteiger charge is -2.28. The Hall–Kier alpha value is -1.53. The highest BCUT2D eigenvalue weighted by molar-refractivity contribution is 7.22. The average molecular weight is 364 g/mol. The number of fused-ring (bicyclic) bond motifs is 1. The minimum atomic E-state index is -0.321. The second-order valence-corrected chi connectivity index (χ2v) is 8.07. The van der Waals surface area contributed by atoms with Gasteiger partial charge in [0.2, 0.25) is 5.91 Å². The number of hydrogen-bond donors (Lipinski definition) is 0. The quantitative estimate of drug-likeness (QED) is 0.768. The Labute approximate surface area is 152 Å². The van der Waals surface area contributed by atoms with E-state index in [4.69, 9.17) is 0 Å². The Bertz CT molecular complexity index is 725. The molecule has 0 radical (unpaired) electrons. The van der Waals surface area contributed by atoms with Crippen molar-refractivity contribution in [2.75, 3.05) is 32.1 Å². The van der Waals surface area contributed by atoms with E-state index in [-0.39, 0.29) is 17.6 Å². The zero-order valence-electron chi connectivity index (χ0n) is 15.0. The van der Waals surface area contributed by atoms with E-state index in [9.17, 15) is 9.18 Å². The van der Waals surface area contributed by atoms with Crippen molar-refractivity contribution in [1.82, 2.24) is 9.88 Å². The number of anilines is 1. The maximum atomic E-state index is 14.0. The van der Waals surface area contributed by atoms with Crippen LogP contribution in [0.15, 0.2) is 18.2 Å². The summed E-state index contributed by atoms with van der Waals surface area (Å²) in [5, 5.41) is 0.634. The third kappa shape index (κ3) is 4.36. The van der Waals surface area contributed by atoms with E-state index in [1.54, 1.807) is 6.07 Å². The van der Waals surface area contributed by atoms with Crippen LogP contribution in [0.1, 0.15) is 38.5 Å². The topological polar surface area (TPSA) is 36.4 Å². The standard InChI is InChI=1S/C19H26FN3OS/c1-22(2)12-7-13-23(18(24)14-8-4-3-5-9-14)19-21-17-15(20)10-6-11-16(17)25-19/h6,10-11,14H,3-5,7-9,12-13H2,1-2H3. The van der Waals surface area contributed by atoms with Crippen molar-refractivity contribution in [3.8, 4) is 0 Å². The van der Waals surface area contributed by atoms with Crippen LogP contribution < -0.4 is 4.90 Å². The minimum absolute atomic E-state index is 0.0879. The molecule has 0 unspecified atom stereocenters. The van der Waals surface area contributed by atoms with Crippen LogP contribution >= 0.6 is 11.3 Å². The van der Waals surface area contributed by atoms with E-state index in [0.29, 0.717) is 17.2 Å². The molecule has 6 heteroatoms. The summed E-state index contributed by atoms with van der Waals surface area (Å²) in [6, 6.07) is 4.98. The van der Waals surface area contributed by atoms with Crippen molar-refractivity contribution in [2.45, 2.75) is 38.5 Å². The predicted octanol–water partition coefficient (Wildman–Crippen LogP) is 4.30. The summed E-state index contributed by atoms with van der Waals surface area (Å²) in [6.07, 6.45) is 6.26. The number of nitrogens with zero attached hydrogens (tertiary/aromatic N) is 3. The molecule has 1 aliphatic carbocycles. The number of amides is 1. The largest absolute Gasteiger partial charge is 0.309 e. The smallest absolute Gasteiger partial charge is 0.231 e.